The first kappa shape index (κ1) is 21.6. The van der Waals surface area contributed by atoms with E-state index in [4.69, 9.17) is 11.6 Å². The first-order chi connectivity index (χ1) is 14.3. The van der Waals surface area contributed by atoms with Crippen LogP contribution in [0.25, 0.3) is 0 Å². The molecule has 0 saturated carbocycles. The molecule has 0 aliphatic heterocycles. The van der Waals surface area contributed by atoms with E-state index >= 15 is 0 Å². The summed E-state index contributed by atoms with van der Waals surface area (Å²) in [6.07, 6.45) is 0.142. The molecule has 0 bridgehead atoms. The normalized spacial score (nSPS) is 10.4. The monoisotopic (exact) mass is 437 g/mol. The van der Waals surface area contributed by atoms with Crippen LogP contribution in [0.1, 0.15) is 37.5 Å². The summed E-state index contributed by atoms with van der Waals surface area (Å²) in [6.45, 7) is 5.63. The molecular formula is C23H20ClN3O2S. The third-order valence-corrected chi connectivity index (χ3v) is 6.31. The molecule has 7 heteroatoms. The van der Waals surface area contributed by atoms with Gasteiger partial charge >= 0.3 is 0 Å². The molecule has 0 saturated heterocycles. The first-order valence-corrected chi connectivity index (χ1v) is 10.4. The standard InChI is InChI=1S/C23H20ClN3O2S/c1-13-5-4-6-19(14(13)2)26-22(29)21-15(3)18(12-25)23(30-21)27-20(28)11-16-7-9-17(24)10-8-16/h4-10H,11H2,1-3H3,(H,26,29)(H,27,28). The van der Waals surface area contributed by atoms with Gasteiger partial charge in [-0.1, -0.05) is 35.9 Å². The van der Waals surface area contributed by atoms with Crippen LogP contribution in [0.15, 0.2) is 42.5 Å². The topological polar surface area (TPSA) is 82.0 Å². The Balaban J connectivity index is 1.80. The quantitative estimate of drug-likeness (QED) is 0.542. The molecule has 0 fully saturated rings. The maximum absolute atomic E-state index is 12.9. The van der Waals surface area contributed by atoms with Crippen molar-refractivity contribution >= 4 is 45.4 Å². The largest absolute Gasteiger partial charge is 0.321 e. The number of anilines is 2. The van der Waals surface area contributed by atoms with Gasteiger partial charge in [0.2, 0.25) is 5.91 Å². The molecule has 5 nitrogen and oxygen atoms in total. The number of aryl methyl sites for hydroxylation is 1. The number of rotatable bonds is 5. The molecule has 0 aliphatic carbocycles. The second-order valence-corrected chi connectivity index (χ2v) is 8.38. The number of carbonyl (C=O) groups excluding carboxylic acids is 2. The Labute approximate surface area is 184 Å². The van der Waals surface area contributed by atoms with E-state index in [9.17, 15) is 14.9 Å². The maximum Gasteiger partial charge on any atom is 0.266 e. The average molecular weight is 438 g/mol. The molecule has 0 unspecified atom stereocenters. The van der Waals surface area contributed by atoms with E-state index in [1.807, 2.05) is 32.0 Å². The van der Waals surface area contributed by atoms with E-state index in [0.717, 1.165) is 33.7 Å². The minimum atomic E-state index is -0.305. The molecule has 2 amide bonds. The van der Waals surface area contributed by atoms with Crippen LogP contribution >= 0.6 is 22.9 Å². The first-order valence-electron chi connectivity index (χ1n) is 9.25. The highest BCUT2D eigenvalue weighted by atomic mass is 35.5. The fourth-order valence-corrected chi connectivity index (χ4v) is 4.17. The van der Waals surface area contributed by atoms with E-state index in [2.05, 4.69) is 16.7 Å². The Kier molecular flexibility index (Phi) is 6.56. The van der Waals surface area contributed by atoms with Gasteiger partial charge in [-0.15, -0.1) is 11.3 Å². The highest BCUT2D eigenvalue weighted by Crippen LogP contribution is 2.33. The zero-order chi connectivity index (χ0) is 21.8. The fourth-order valence-electron chi connectivity index (χ4n) is 2.98. The summed E-state index contributed by atoms with van der Waals surface area (Å²) < 4.78 is 0. The summed E-state index contributed by atoms with van der Waals surface area (Å²) in [7, 11) is 0. The molecule has 1 heterocycles. The van der Waals surface area contributed by atoms with Gasteiger partial charge in [0.25, 0.3) is 5.91 Å². The number of halogens is 1. The summed E-state index contributed by atoms with van der Waals surface area (Å²) in [5, 5.41) is 16.2. The Hall–Kier alpha value is -3.14. The van der Waals surface area contributed by atoms with Crippen molar-refractivity contribution in [3.63, 3.8) is 0 Å². The van der Waals surface area contributed by atoms with Gasteiger partial charge in [-0.05, 0) is 61.2 Å². The summed E-state index contributed by atoms with van der Waals surface area (Å²) >= 11 is 6.97. The Morgan fingerprint density at radius 3 is 2.40 bits per heavy atom. The predicted octanol–water partition coefficient (Wildman–Crippen LogP) is 5.63. The van der Waals surface area contributed by atoms with Crippen molar-refractivity contribution in [2.75, 3.05) is 10.6 Å². The van der Waals surface area contributed by atoms with Gasteiger partial charge in [0, 0.05) is 10.7 Å². The van der Waals surface area contributed by atoms with Gasteiger partial charge in [-0.3, -0.25) is 9.59 Å². The van der Waals surface area contributed by atoms with Gasteiger partial charge in [-0.25, -0.2) is 0 Å². The van der Waals surface area contributed by atoms with Gasteiger partial charge in [0.05, 0.1) is 16.9 Å². The SMILES string of the molecule is Cc1cccc(NC(=O)c2sc(NC(=O)Cc3ccc(Cl)cc3)c(C#N)c2C)c1C. The lowest BCUT2D eigenvalue weighted by Gasteiger charge is -2.09. The Bertz CT molecular complexity index is 1160. The van der Waals surface area contributed by atoms with Gasteiger partial charge in [0.1, 0.15) is 11.1 Å². The number of nitriles is 1. The molecule has 152 valence electrons. The van der Waals surface area contributed by atoms with Gasteiger partial charge < -0.3 is 10.6 Å². The van der Waals surface area contributed by atoms with Crippen LogP contribution in [0.2, 0.25) is 5.02 Å². The Morgan fingerprint density at radius 1 is 1.03 bits per heavy atom. The number of amides is 2. The summed E-state index contributed by atoms with van der Waals surface area (Å²) in [5.74, 6) is -0.572. The number of carbonyl (C=O) groups is 2. The third-order valence-electron chi connectivity index (χ3n) is 4.85. The zero-order valence-corrected chi connectivity index (χ0v) is 18.4. The molecule has 0 aliphatic rings. The lowest BCUT2D eigenvalue weighted by molar-refractivity contribution is -0.115. The summed E-state index contributed by atoms with van der Waals surface area (Å²) in [6, 6.07) is 14.8. The van der Waals surface area contributed by atoms with Crippen molar-refractivity contribution in [1.29, 1.82) is 5.26 Å². The van der Waals surface area contributed by atoms with Crippen molar-refractivity contribution in [3.8, 4) is 6.07 Å². The van der Waals surface area contributed by atoms with E-state index in [0.29, 0.717) is 26.0 Å². The summed E-state index contributed by atoms with van der Waals surface area (Å²) in [4.78, 5) is 25.7. The smallest absolute Gasteiger partial charge is 0.266 e. The molecule has 2 aromatic carbocycles. The van der Waals surface area contributed by atoms with Crippen LogP contribution in [-0.2, 0) is 11.2 Å². The van der Waals surface area contributed by atoms with Crippen molar-refractivity contribution in [2.45, 2.75) is 27.2 Å². The van der Waals surface area contributed by atoms with Crippen LogP contribution in [-0.4, -0.2) is 11.8 Å². The summed E-state index contributed by atoms with van der Waals surface area (Å²) in [5.41, 5.74) is 4.43. The number of benzene rings is 2. The fraction of sp³-hybridized carbons (Fsp3) is 0.174. The lowest BCUT2D eigenvalue weighted by Crippen LogP contribution is -2.14. The molecule has 0 atom stereocenters. The van der Waals surface area contributed by atoms with Crippen LogP contribution in [0.3, 0.4) is 0 Å². The highest BCUT2D eigenvalue weighted by molar-refractivity contribution is 7.18. The minimum absolute atomic E-state index is 0.142. The van der Waals surface area contributed by atoms with E-state index < -0.39 is 0 Å². The van der Waals surface area contributed by atoms with Crippen LogP contribution in [0, 0.1) is 32.1 Å². The van der Waals surface area contributed by atoms with Crippen LogP contribution in [0.5, 0.6) is 0 Å². The van der Waals surface area contributed by atoms with Crippen molar-refractivity contribution < 1.29 is 9.59 Å². The Morgan fingerprint density at radius 2 is 1.73 bits per heavy atom. The van der Waals surface area contributed by atoms with E-state index in [-0.39, 0.29) is 18.2 Å². The van der Waals surface area contributed by atoms with Gasteiger partial charge in [-0.2, -0.15) is 5.26 Å². The minimum Gasteiger partial charge on any atom is -0.321 e. The van der Waals surface area contributed by atoms with E-state index in [1.165, 1.54) is 0 Å². The molecule has 0 spiro atoms. The number of hydrogen-bond acceptors (Lipinski definition) is 4. The van der Waals surface area contributed by atoms with Crippen LogP contribution < -0.4 is 10.6 Å². The van der Waals surface area contributed by atoms with Crippen molar-refractivity contribution in [3.05, 3.63) is 80.2 Å². The molecule has 3 aromatic rings. The molecule has 0 radical (unpaired) electrons. The van der Waals surface area contributed by atoms with E-state index in [1.54, 1.807) is 31.2 Å². The number of hydrogen-bond donors (Lipinski definition) is 2. The predicted molar refractivity (Wildman–Crippen MR) is 121 cm³/mol. The molecule has 2 N–H and O–H groups in total. The molecular weight excluding hydrogens is 418 g/mol. The zero-order valence-electron chi connectivity index (χ0n) is 16.8. The third kappa shape index (κ3) is 4.70. The number of thiophene rings is 1. The second-order valence-electron chi connectivity index (χ2n) is 6.93. The molecule has 30 heavy (non-hydrogen) atoms. The number of nitrogens with zero attached hydrogens (tertiary/aromatic N) is 1. The average Bonchev–Trinajstić information content (AvgIpc) is 3.02. The highest BCUT2D eigenvalue weighted by Gasteiger charge is 2.22. The van der Waals surface area contributed by atoms with Gasteiger partial charge in [0.15, 0.2) is 0 Å². The molecule has 1 aromatic heterocycles. The number of nitrogens with one attached hydrogen (secondary N) is 2. The van der Waals surface area contributed by atoms with Crippen molar-refractivity contribution in [2.24, 2.45) is 0 Å². The van der Waals surface area contributed by atoms with Crippen molar-refractivity contribution in [1.82, 2.24) is 0 Å². The molecule has 3 rings (SSSR count). The second kappa shape index (κ2) is 9.12. The lowest BCUT2D eigenvalue weighted by atomic mass is 10.1. The van der Waals surface area contributed by atoms with Crippen LogP contribution in [0.4, 0.5) is 10.7 Å². The maximum atomic E-state index is 12.9.